The number of nitrogens with one attached hydrogen (secondary N) is 1. The summed E-state index contributed by atoms with van der Waals surface area (Å²) in [5.41, 5.74) is 3.14. The van der Waals surface area contributed by atoms with Crippen molar-refractivity contribution >= 4 is 16.9 Å². The molecule has 0 saturated heterocycles. The van der Waals surface area contributed by atoms with Crippen LogP contribution in [0.2, 0.25) is 0 Å². The number of rotatable bonds is 5. The number of benzene rings is 2. The van der Waals surface area contributed by atoms with Crippen LogP contribution in [0.1, 0.15) is 35.8 Å². The number of nitrogens with zero attached hydrogens (tertiary/aromatic N) is 3. The quantitative estimate of drug-likeness (QED) is 0.783. The molecule has 6 heteroatoms. The molecule has 1 unspecified atom stereocenters. The summed E-state index contributed by atoms with van der Waals surface area (Å²) >= 11 is 0. The van der Waals surface area contributed by atoms with Gasteiger partial charge >= 0.3 is 0 Å². The van der Waals surface area contributed by atoms with Crippen molar-refractivity contribution in [2.75, 3.05) is 7.11 Å². The normalized spacial score (nSPS) is 12.1. The Morgan fingerprint density at radius 1 is 1.29 bits per heavy atom. The molecule has 0 aliphatic carbocycles. The van der Waals surface area contributed by atoms with Gasteiger partial charge in [-0.25, -0.2) is 4.68 Å². The molecule has 124 valence electrons. The second-order valence-electron chi connectivity index (χ2n) is 5.55. The van der Waals surface area contributed by atoms with Crippen LogP contribution in [-0.2, 0) is 6.54 Å². The molecule has 0 radical (unpaired) electrons. The minimum absolute atomic E-state index is 0.152. The molecule has 0 bridgehead atoms. The van der Waals surface area contributed by atoms with E-state index in [4.69, 9.17) is 4.74 Å². The van der Waals surface area contributed by atoms with Crippen molar-refractivity contribution in [3.05, 3.63) is 53.6 Å². The molecular weight excluding hydrogens is 304 g/mol. The van der Waals surface area contributed by atoms with Gasteiger partial charge in [0.2, 0.25) is 0 Å². The van der Waals surface area contributed by atoms with Crippen LogP contribution >= 0.6 is 0 Å². The lowest BCUT2D eigenvalue weighted by atomic mass is 10.1. The standard InChI is InChI=1S/C18H20N4O2/c1-4-22-16-10-9-13(11-15(16)20-21-22)18(23)19-12(2)14-7-5-6-8-17(14)24-3/h5-12H,4H2,1-3H3,(H,19,23). The number of ether oxygens (including phenoxy) is 1. The lowest BCUT2D eigenvalue weighted by Gasteiger charge is -2.17. The fourth-order valence-corrected chi connectivity index (χ4v) is 2.73. The van der Waals surface area contributed by atoms with Gasteiger partial charge in [0.25, 0.3) is 5.91 Å². The van der Waals surface area contributed by atoms with Crippen LogP contribution in [0.5, 0.6) is 5.75 Å². The van der Waals surface area contributed by atoms with E-state index in [0.29, 0.717) is 5.56 Å². The molecule has 0 saturated carbocycles. The smallest absolute Gasteiger partial charge is 0.251 e. The third-order valence-electron chi connectivity index (χ3n) is 4.03. The van der Waals surface area contributed by atoms with Gasteiger partial charge in [-0.05, 0) is 38.1 Å². The molecule has 6 nitrogen and oxygen atoms in total. The fraction of sp³-hybridized carbons (Fsp3) is 0.278. The van der Waals surface area contributed by atoms with Gasteiger partial charge in [-0.1, -0.05) is 23.4 Å². The van der Waals surface area contributed by atoms with E-state index < -0.39 is 0 Å². The number of hydrogen-bond acceptors (Lipinski definition) is 4. The average Bonchev–Trinajstić information content (AvgIpc) is 3.03. The SMILES string of the molecule is CCn1nnc2cc(C(=O)NC(C)c3ccccc3OC)ccc21. The highest BCUT2D eigenvalue weighted by Crippen LogP contribution is 2.24. The molecule has 1 amide bonds. The maximum atomic E-state index is 12.5. The lowest BCUT2D eigenvalue weighted by molar-refractivity contribution is 0.0939. The molecule has 0 fully saturated rings. The summed E-state index contributed by atoms with van der Waals surface area (Å²) in [4.78, 5) is 12.5. The highest BCUT2D eigenvalue weighted by atomic mass is 16.5. The first kappa shape index (κ1) is 16.0. The van der Waals surface area contributed by atoms with E-state index in [9.17, 15) is 4.79 Å². The van der Waals surface area contributed by atoms with Crippen LogP contribution in [0.3, 0.4) is 0 Å². The maximum absolute atomic E-state index is 12.5. The number of para-hydroxylation sites is 1. The number of aromatic nitrogens is 3. The lowest BCUT2D eigenvalue weighted by Crippen LogP contribution is -2.26. The average molecular weight is 324 g/mol. The zero-order chi connectivity index (χ0) is 17.1. The molecule has 0 aliphatic rings. The van der Waals surface area contributed by atoms with Gasteiger partial charge in [0.15, 0.2) is 0 Å². The molecule has 3 aromatic rings. The molecule has 1 aromatic heterocycles. The molecule has 1 heterocycles. The van der Waals surface area contributed by atoms with Gasteiger partial charge in [-0.3, -0.25) is 4.79 Å². The molecule has 3 rings (SSSR count). The summed E-state index contributed by atoms with van der Waals surface area (Å²) in [6.07, 6.45) is 0. The van der Waals surface area contributed by atoms with Crippen molar-refractivity contribution in [1.29, 1.82) is 0 Å². The predicted octanol–water partition coefficient (Wildman–Crippen LogP) is 2.95. The van der Waals surface area contributed by atoms with E-state index >= 15 is 0 Å². The molecule has 0 spiro atoms. The van der Waals surface area contributed by atoms with Crippen LogP contribution in [0.25, 0.3) is 11.0 Å². The van der Waals surface area contributed by atoms with Crippen LogP contribution < -0.4 is 10.1 Å². The minimum atomic E-state index is -0.171. The van der Waals surface area contributed by atoms with Gasteiger partial charge in [-0.15, -0.1) is 5.10 Å². The van der Waals surface area contributed by atoms with Crippen molar-refractivity contribution < 1.29 is 9.53 Å². The first-order valence-corrected chi connectivity index (χ1v) is 7.91. The summed E-state index contributed by atoms with van der Waals surface area (Å²) in [6.45, 7) is 4.68. The molecule has 2 aromatic carbocycles. The number of aryl methyl sites for hydroxylation is 1. The van der Waals surface area contributed by atoms with Crippen molar-refractivity contribution in [1.82, 2.24) is 20.3 Å². The second kappa shape index (κ2) is 6.70. The Kier molecular flexibility index (Phi) is 4.46. The van der Waals surface area contributed by atoms with E-state index in [1.165, 1.54) is 0 Å². The van der Waals surface area contributed by atoms with Crippen LogP contribution in [0, 0.1) is 0 Å². The van der Waals surface area contributed by atoms with E-state index in [2.05, 4.69) is 15.6 Å². The number of carbonyl (C=O) groups is 1. The molecular formula is C18H20N4O2. The highest BCUT2D eigenvalue weighted by Gasteiger charge is 2.16. The highest BCUT2D eigenvalue weighted by molar-refractivity contribution is 5.97. The zero-order valence-corrected chi connectivity index (χ0v) is 14.0. The molecule has 1 N–H and O–H groups in total. The maximum Gasteiger partial charge on any atom is 0.251 e. The Morgan fingerprint density at radius 3 is 2.83 bits per heavy atom. The Hall–Kier alpha value is -2.89. The fourth-order valence-electron chi connectivity index (χ4n) is 2.73. The number of amides is 1. The van der Waals surface area contributed by atoms with Crippen LogP contribution in [0.15, 0.2) is 42.5 Å². The van der Waals surface area contributed by atoms with Gasteiger partial charge in [0.1, 0.15) is 11.3 Å². The first-order chi connectivity index (χ1) is 11.6. The van der Waals surface area contributed by atoms with Gasteiger partial charge in [0.05, 0.1) is 18.7 Å². The number of methoxy groups -OCH3 is 1. The zero-order valence-electron chi connectivity index (χ0n) is 14.0. The Morgan fingerprint density at radius 2 is 2.08 bits per heavy atom. The Labute approximate surface area is 140 Å². The topological polar surface area (TPSA) is 69.0 Å². The molecule has 24 heavy (non-hydrogen) atoms. The van der Waals surface area contributed by atoms with Gasteiger partial charge < -0.3 is 10.1 Å². The van der Waals surface area contributed by atoms with E-state index in [-0.39, 0.29) is 11.9 Å². The van der Waals surface area contributed by atoms with E-state index in [1.807, 2.05) is 44.2 Å². The molecule has 1 atom stereocenters. The van der Waals surface area contributed by atoms with E-state index in [0.717, 1.165) is 28.9 Å². The Balaban J connectivity index is 1.81. The largest absolute Gasteiger partial charge is 0.496 e. The predicted molar refractivity (Wildman–Crippen MR) is 92.1 cm³/mol. The summed E-state index contributed by atoms with van der Waals surface area (Å²) in [5.74, 6) is 0.605. The van der Waals surface area contributed by atoms with Crippen molar-refractivity contribution in [3.63, 3.8) is 0 Å². The monoisotopic (exact) mass is 324 g/mol. The summed E-state index contributed by atoms with van der Waals surface area (Å²) in [6, 6.07) is 12.9. The van der Waals surface area contributed by atoms with Crippen molar-refractivity contribution in [3.8, 4) is 5.75 Å². The summed E-state index contributed by atoms with van der Waals surface area (Å²) in [7, 11) is 1.62. The number of carbonyl (C=O) groups excluding carboxylic acids is 1. The van der Waals surface area contributed by atoms with Crippen molar-refractivity contribution in [2.24, 2.45) is 0 Å². The first-order valence-electron chi connectivity index (χ1n) is 7.91. The van der Waals surface area contributed by atoms with Crippen molar-refractivity contribution in [2.45, 2.75) is 26.4 Å². The minimum Gasteiger partial charge on any atom is -0.496 e. The molecule has 0 aliphatic heterocycles. The van der Waals surface area contributed by atoms with Gasteiger partial charge in [0, 0.05) is 17.7 Å². The van der Waals surface area contributed by atoms with Crippen LogP contribution in [0.4, 0.5) is 0 Å². The Bertz CT molecular complexity index is 872. The summed E-state index contributed by atoms with van der Waals surface area (Å²) < 4.78 is 7.15. The second-order valence-corrected chi connectivity index (χ2v) is 5.55. The van der Waals surface area contributed by atoms with Gasteiger partial charge in [-0.2, -0.15) is 0 Å². The number of hydrogen-bond donors (Lipinski definition) is 1. The number of fused-ring (bicyclic) bond motifs is 1. The van der Waals surface area contributed by atoms with Crippen LogP contribution in [-0.4, -0.2) is 28.0 Å². The third-order valence-corrected chi connectivity index (χ3v) is 4.03. The third kappa shape index (κ3) is 2.95. The summed E-state index contributed by atoms with van der Waals surface area (Å²) in [5, 5.41) is 11.2. The van der Waals surface area contributed by atoms with E-state index in [1.54, 1.807) is 23.9 Å².